The molecule has 6 nitrogen and oxygen atoms in total. The number of halogens is 2. The maximum Gasteiger partial charge on any atom is 0.338 e. The number of nitrogens with zero attached hydrogens (tertiary/aromatic N) is 3. The highest BCUT2D eigenvalue weighted by Crippen LogP contribution is 2.50. The number of amidine groups is 1. The first-order valence-electron chi connectivity index (χ1n) is 11.6. The van der Waals surface area contributed by atoms with Crippen molar-refractivity contribution in [1.29, 1.82) is 0 Å². The van der Waals surface area contributed by atoms with Gasteiger partial charge in [-0.3, -0.25) is 0 Å². The number of ether oxygens (including phenoxy) is 2. The van der Waals surface area contributed by atoms with Gasteiger partial charge in [0.1, 0.15) is 12.4 Å². The Kier molecular flexibility index (Phi) is 8.35. The van der Waals surface area contributed by atoms with Gasteiger partial charge < -0.3 is 19.3 Å². The normalized spacial score (nSPS) is 17.4. The maximum atomic E-state index is 13.6. The molecule has 0 saturated carbocycles. The second-order valence-electron chi connectivity index (χ2n) is 9.03. The topological polar surface area (TPSA) is 54.4 Å². The van der Waals surface area contributed by atoms with Gasteiger partial charge in [0.2, 0.25) is 0 Å². The van der Waals surface area contributed by atoms with E-state index in [0.29, 0.717) is 33.6 Å². The Morgan fingerprint density at radius 3 is 2.47 bits per heavy atom. The minimum atomic E-state index is -0.496. The van der Waals surface area contributed by atoms with Gasteiger partial charge in [-0.05, 0) is 50.0 Å². The van der Waals surface area contributed by atoms with Crippen LogP contribution in [-0.2, 0) is 9.53 Å². The monoisotopic (exact) mass is 545 g/mol. The fraction of sp³-hybridized carbons (Fsp3) is 0.333. The summed E-state index contributed by atoms with van der Waals surface area (Å²) in [6.45, 7) is 4.96. The Hall–Kier alpha value is -2.45. The Labute approximate surface area is 226 Å². The molecule has 4 rings (SSSR count). The van der Waals surface area contributed by atoms with E-state index in [0.717, 1.165) is 21.2 Å². The zero-order chi connectivity index (χ0) is 26.0. The van der Waals surface area contributed by atoms with Crippen LogP contribution in [0.1, 0.15) is 31.0 Å². The van der Waals surface area contributed by atoms with Gasteiger partial charge in [0.05, 0.1) is 34.5 Å². The molecule has 2 aromatic carbocycles. The fourth-order valence-electron chi connectivity index (χ4n) is 4.17. The number of esters is 1. The van der Waals surface area contributed by atoms with E-state index in [-0.39, 0.29) is 18.5 Å². The van der Waals surface area contributed by atoms with Gasteiger partial charge in [0, 0.05) is 28.8 Å². The minimum Gasteiger partial charge on any atom is -0.496 e. The SMILES string of the molecule is COc1ccccc1C1C(C(=O)OCCN(C)C)=C(C(C)C)N=C2SC(c3c(Cl)cccc3Cl)=CN21. The largest absolute Gasteiger partial charge is 0.496 e. The summed E-state index contributed by atoms with van der Waals surface area (Å²) in [5.41, 5.74) is 2.77. The fourth-order valence-corrected chi connectivity index (χ4v) is 5.97. The summed E-state index contributed by atoms with van der Waals surface area (Å²) in [5.74, 6) is 0.275. The summed E-state index contributed by atoms with van der Waals surface area (Å²) in [7, 11) is 5.51. The van der Waals surface area contributed by atoms with Gasteiger partial charge in [-0.1, -0.05) is 61.3 Å². The van der Waals surface area contributed by atoms with Crippen LogP contribution in [0.2, 0.25) is 10.0 Å². The van der Waals surface area contributed by atoms with Crippen molar-refractivity contribution in [2.45, 2.75) is 19.9 Å². The van der Waals surface area contributed by atoms with Crippen molar-refractivity contribution in [2.75, 3.05) is 34.4 Å². The van der Waals surface area contributed by atoms with Gasteiger partial charge in [-0.2, -0.15) is 0 Å². The number of hydrogen-bond acceptors (Lipinski definition) is 7. The number of thioether (sulfide) groups is 1. The van der Waals surface area contributed by atoms with Crippen LogP contribution in [0.5, 0.6) is 5.75 Å². The van der Waals surface area contributed by atoms with Crippen molar-refractivity contribution >= 4 is 51.0 Å². The molecule has 2 aromatic rings. The summed E-state index contributed by atoms with van der Waals surface area (Å²) in [6.07, 6.45) is 1.96. The van der Waals surface area contributed by atoms with Crippen molar-refractivity contribution in [3.05, 3.63) is 81.1 Å². The molecule has 0 spiro atoms. The molecular formula is C27H29Cl2N3O3S. The Bertz CT molecular complexity index is 1240. The molecule has 1 unspecified atom stereocenters. The Morgan fingerprint density at radius 1 is 1.14 bits per heavy atom. The van der Waals surface area contributed by atoms with Crippen molar-refractivity contribution < 1.29 is 14.3 Å². The molecule has 2 aliphatic rings. The maximum absolute atomic E-state index is 13.6. The third-order valence-electron chi connectivity index (χ3n) is 5.90. The number of carbonyl (C=O) groups is 1. The van der Waals surface area contributed by atoms with Crippen molar-refractivity contribution in [3.8, 4) is 5.75 Å². The van der Waals surface area contributed by atoms with E-state index in [9.17, 15) is 4.79 Å². The minimum absolute atomic E-state index is 0.0122. The number of carbonyl (C=O) groups excluding carboxylic acids is 1. The van der Waals surface area contributed by atoms with Crippen molar-refractivity contribution in [2.24, 2.45) is 10.9 Å². The Balaban J connectivity index is 1.87. The van der Waals surface area contributed by atoms with Crippen LogP contribution in [-0.4, -0.2) is 55.3 Å². The van der Waals surface area contributed by atoms with Gasteiger partial charge in [0.25, 0.3) is 0 Å². The van der Waals surface area contributed by atoms with Crippen LogP contribution in [0.15, 0.2) is 64.9 Å². The predicted molar refractivity (Wildman–Crippen MR) is 148 cm³/mol. The van der Waals surface area contributed by atoms with Gasteiger partial charge in [0.15, 0.2) is 5.17 Å². The van der Waals surface area contributed by atoms with E-state index in [2.05, 4.69) is 0 Å². The molecule has 0 aromatic heterocycles. The highest BCUT2D eigenvalue weighted by atomic mass is 35.5. The summed E-state index contributed by atoms with van der Waals surface area (Å²) in [5, 5.41) is 1.84. The molecule has 190 valence electrons. The highest BCUT2D eigenvalue weighted by Gasteiger charge is 2.42. The van der Waals surface area contributed by atoms with Crippen LogP contribution in [0.3, 0.4) is 0 Å². The lowest BCUT2D eigenvalue weighted by molar-refractivity contribution is -0.140. The molecule has 0 N–H and O–H groups in total. The van der Waals surface area contributed by atoms with Crippen LogP contribution in [0, 0.1) is 5.92 Å². The molecule has 9 heteroatoms. The number of para-hydroxylation sites is 1. The van der Waals surface area contributed by atoms with Crippen molar-refractivity contribution in [1.82, 2.24) is 9.80 Å². The average Bonchev–Trinajstić information content (AvgIpc) is 3.25. The quantitative estimate of drug-likeness (QED) is 0.354. The van der Waals surface area contributed by atoms with Gasteiger partial charge in [-0.15, -0.1) is 0 Å². The summed E-state index contributed by atoms with van der Waals surface area (Å²) in [4.78, 5) is 23.4. The lowest BCUT2D eigenvalue weighted by Gasteiger charge is -2.35. The second-order valence-corrected chi connectivity index (χ2v) is 10.9. The third kappa shape index (κ3) is 5.30. The van der Waals surface area contributed by atoms with Crippen LogP contribution in [0.25, 0.3) is 4.91 Å². The molecule has 0 saturated heterocycles. The molecule has 2 aliphatic heterocycles. The van der Waals surface area contributed by atoms with E-state index in [1.165, 1.54) is 11.8 Å². The summed E-state index contributed by atoms with van der Waals surface area (Å²) >= 11 is 14.6. The number of hydrogen-bond donors (Lipinski definition) is 0. The molecule has 0 aliphatic carbocycles. The predicted octanol–water partition coefficient (Wildman–Crippen LogP) is 6.48. The first-order chi connectivity index (χ1) is 17.2. The summed E-state index contributed by atoms with van der Waals surface area (Å²) in [6, 6.07) is 12.7. The van der Waals surface area contributed by atoms with Crippen LogP contribution >= 0.6 is 35.0 Å². The number of likely N-dealkylation sites (N-methyl/N-ethyl adjacent to an activating group) is 1. The molecule has 0 fully saturated rings. The second kappa shape index (κ2) is 11.3. The number of allylic oxidation sites excluding steroid dienone is 1. The van der Waals surface area contributed by atoms with Crippen LogP contribution in [0.4, 0.5) is 0 Å². The molecule has 2 heterocycles. The number of benzene rings is 2. The van der Waals surface area contributed by atoms with E-state index in [1.807, 2.05) is 86.4 Å². The lowest BCUT2D eigenvalue weighted by Crippen LogP contribution is -2.36. The van der Waals surface area contributed by atoms with E-state index >= 15 is 0 Å². The van der Waals surface area contributed by atoms with Crippen molar-refractivity contribution in [3.63, 3.8) is 0 Å². The molecular weight excluding hydrogens is 517 g/mol. The molecule has 1 atom stereocenters. The summed E-state index contributed by atoms with van der Waals surface area (Å²) < 4.78 is 11.5. The molecule has 0 amide bonds. The lowest BCUT2D eigenvalue weighted by atomic mass is 9.90. The highest BCUT2D eigenvalue weighted by molar-refractivity contribution is 8.22. The standard InChI is InChI=1S/C27H29Cl2N3O3S/c1-16(2)24-23(26(33)35-14-13-31(3)4)25(17-9-6-7-12-20(17)34-5)32-15-21(36-27(32)30-24)22-18(28)10-8-11-19(22)29/h6-12,15-16,25H,13-14H2,1-5H3. The zero-order valence-corrected chi connectivity index (χ0v) is 23.2. The first kappa shape index (κ1) is 26.6. The molecule has 36 heavy (non-hydrogen) atoms. The van der Waals surface area contributed by atoms with Crippen LogP contribution < -0.4 is 4.74 Å². The Morgan fingerprint density at radius 2 is 1.83 bits per heavy atom. The number of aliphatic imine (C=N–C) groups is 1. The van der Waals surface area contributed by atoms with Gasteiger partial charge in [-0.25, -0.2) is 9.79 Å². The van der Waals surface area contributed by atoms with E-state index in [1.54, 1.807) is 7.11 Å². The van der Waals surface area contributed by atoms with E-state index < -0.39 is 6.04 Å². The number of methoxy groups -OCH3 is 1. The first-order valence-corrected chi connectivity index (χ1v) is 13.2. The number of fused-ring (bicyclic) bond motifs is 1. The number of rotatable bonds is 8. The van der Waals surface area contributed by atoms with E-state index in [4.69, 9.17) is 37.7 Å². The zero-order valence-electron chi connectivity index (χ0n) is 20.9. The molecule has 0 bridgehead atoms. The smallest absolute Gasteiger partial charge is 0.338 e. The average molecular weight is 547 g/mol. The van der Waals surface area contributed by atoms with Gasteiger partial charge >= 0.3 is 5.97 Å². The third-order valence-corrected chi connectivity index (χ3v) is 7.55. The molecule has 0 radical (unpaired) electrons.